The van der Waals surface area contributed by atoms with Gasteiger partial charge in [-0.1, -0.05) is 60.7 Å². The second-order valence-electron chi connectivity index (χ2n) is 7.48. The van der Waals surface area contributed by atoms with Crippen LogP contribution in [0.25, 0.3) is 0 Å². The lowest BCUT2D eigenvalue weighted by Gasteiger charge is -2.44. The van der Waals surface area contributed by atoms with E-state index in [2.05, 4.69) is 54.6 Å². The Hall–Kier alpha value is -3.32. The molecule has 0 radical (unpaired) electrons. The summed E-state index contributed by atoms with van der Waals surface area (Å²) in [6, 6.07) is 24.8. The third kappa shape index (κ3) is 3.10. The summed E-state index contributed by atoms with van der Waals surface area (Å²) in [5, 5.41) is 9.16. The fourth-order valence-electron chi connectivity index (χ4n) is 4.38. The second kappa shape index (κ2) is 7.36. The van der Waals surface area contributed by atoms with Crippen LogP contribution in [0.5, 0.6) is 0 Å². The van der Waals surface area contributed by atoms with Crippen molar-refractivity contribution in [3.63, 3.8) is 0 Å². The lowest BCUT2D eigenvalue weighted by atomic mass is 9.69. The van der Waals surface area contributed by atoms with Crippen molar-refractivity contribution in [1.82, 2.24) is 9.47 Å². The molecule has 1 aromatic heterocycles. The van der Waals surface area contributed by atoms with Gasteiger partial charge < -0.3 is 9.47 Å². The summed E-state index contributed by atoms with van der Waals surface area (Å²) >= 11 is 0. The van der Waals surface area contributed by atoms with Crippen LogP contribution in [-0.4, -0.2) is 28.5 Å². The Labute approximate surface area is 165 Å². The largest absolute Gasteiger partial charge is 0.345 e. The van der Waals surface area contributed by atoms with E-state index in [4.69, 9.17) is 5.26 Å². The maximum Gasteiger partial charge on any atom is 0.270 e. The van der Waals surface area contributed by atoms with Crippen LogP contribution in [0.2, 0.25) is 0 Å². The standard InChI is InChI=1S/C24H23N3O/c1-26-17-19(16-25)15-22(26)23(28)27-14-8-13-24(18-27,20-9-4-2-5-10-20)21-11-6-3-7-12-21/h2-7,9-12,15,17H,8,13-14,18H2,1H3. The Morgan fingerprint density at radius 2 is 1.64 bits per heavy atom. The lowest BCUT2D eigenvalue weighted by molar-refractivity contribution is 0.0656. The highest BCUT2D eigenvalue weighted by molar-refractivity contribution is 5.93. The first-order valence-corrected chi connectivity index (χ1v) is 9.61. The number of piperidine rings is 1. The molecule has 4 nitrogen and oxygen atoms in total. The van der Waals surface area contributed by atoms with E-state index in [1.807, 2.05) is 24.1 Å². The average Bonchev–Trinajstić information content (AvgIpc) is 3.15. The van der Waals surface area contributed by atoms with Gasteiger partial charge in [0.25, 0.3) is 5.91 Å². The molecule has 1 fully saturated rings. The fourth-order valence-corrected chi connectivity index (χ4v) is 4.38. The number of benzene rings is 2. The number of aromatic nitrogens is 1. The number of likely N-dealkylation sites (tertiary alicyclic amines) is 1. The molecule has 4 heteroatoms. The van der Waals surface area contributed by atoms with Gasteiger partial charge in [0.15, 0.2) is 0 Å². The first-order chi connectivity index (χ1) is 13.6. The Morgan fingerprint density at radius 3 is 2.18 bits per heavy atom. The van der Waals surface area contributed by atoms with Crippen LogP contribution < -0.4 is 0 Å². The van der Waals surface area contributed by atoms with E-state index >= 15 is 0 Å². The summed E-state index contributed by atoms with van der Waals surface area (Å²) < 4.78 is 1.75. The highest BCUT2D eigenvalue weighted by atomic mass is 16.2. The Kier molecular flexibility index (Phi) is 4.75. The molecule has 0 spiro atoms. The van der Waals surface area contributed by atoms with Crippen molar-refractivity contribution in [1.29, 1.82) is 5.26 Å². The summed E-state index contributed by atoms with van der Waals surface area (Å²) in [4.78, 5) is 15.2. The molecule has 1 aliphatic rings. The number of carbonyl (C=O) groups is 1. The highest BCUT2D eigenvalue weighted by Crippen LogP contribution is 2.40. The summed E-state index contributed by atoms with van der Waals surface area (Å²) in [5.41, 5.74) is 3.33. The molecule has 3 aromatic rings. The number of carbonyl (C=O) groups excluding carboxylic acids is 1. The SMILES string of the molecule is Cn1cc(C#N)cc1C(=O)N1CCCC(c2ccccc2)(c2ccccc2)C1. The van der Waals surface area contributed by atoms with Gasteiger partial charge in [-0.15, -0.1) is 0 Å². The lowest BCUT2D eigenvalue weighted by Crippen LogP contribution is -2.49. The number of amides is 1. The van der Waals surface area contributed by atoms with Crippen molar-refractivity contribution < 1.29 is 4.79 Å². The topological polar surface area (TPSA) is 49.0 Å². The van der Waals surface area contributed by atoms with Gasteiger partial charge in [-0.05, 0) is 30.0 Å². The molecule has 0 bridgehead atoms. The van der Waals surface area contributed by atoms with Crippen LogP contribution in [-0.2, 0) is 12.5 Å². The van der Waals surface area contributed by atoms with Crippen molar-refractivity contribution in [2.24, 2.45) is 7.05 Å². The van der Waals surface area contributed by atoms with Crippen LogP contribution >= 0.6 is 0 Å². The maximum atomic E-state index is 13.3. The molecule has 0 atom stereocenters. The van der Waals surface area contributed by atoms with Crippen LogP contribution in [0.4, 0.5) is 0 Å². The fraction of sp³-hybridized carbons (Fsp3) is 0.250. The molecule has 0 N–H and O–H groups in total. The highest BCUT2D eigenvalue weighted by Gasteiger charge is 2.40. The van der Waals surface area contributed by atoms with Crippen LogP contribution in [0.3, 0.4) is 0 Å². The molecular formula is C24H23N3O. The Bertz CT molecular complexity index is 976. The van der Waals surface area contributed by atoms with E-state index in [9.17, 15) is 4.79 Å². The minimum Gasteiger partial charge on any atom is -0.345 e. The second-order valence-corrected chi connectivity index (χ2v) is 7.48. The first kappa shape index (κ1) is 18.1. The van der Waals surface area contributed by atoms with Crippen molar-refractivity contribution in [3.05, 3.63) is 95.3 Å². The van der Waals surface area contributed by atoms with E-state index in [0.29, 0.717) is 17.8 Å². The summed E-state index contributed by atoms with van der Waals surface area (Å²) in [6.45, 7) is 1.36. The molecule has 4 rings (SSSR count). The van der Waals surface area contributed by atoms with Crippen molar-refractivity contribution in [3.8, 4) is 6.07 Å². The van der Waals surface area contributed by atoms with Crippen LogP contribution in [0.1, 0.15) is 40.0 Å². The van der Waals surface area contributed by atoms with Gasteiger partial charge in [0.05, 0.1) is 5.56 Å². The number of rotatable bonds is 3. The smallest absolute Gasteiger partial charge is 0.270 e. The van der Waals surface area contributed by atoms with Crippen molar-refractivity contribution in [2.75, 3.05) is 13.1 Å². The zero-order chi connectivity index (χ0) is 19.6. The molecule has 2 heterocycles. The maximum absolute atomic E-state index is 13.3. The van der Waals surface area contributed by atoms with Gasteiger partial charge in [-0.2, -0.15) is 5.26 Å². The third-order valence-electron chi connectivity index (χ3n) is 5.79. The van der Waals surface area contributed by atoms with E-state index in [-0.39, 0.29) is 11.3 Å². The minimum atomic E-state index is -0.223. The zero-order valence-corrected chi connectivity index (χ0v) is 16.0. The van der Waals surface area contributed by atoms with Gasteiger partial charge in [0.2, 0.25) is 0 Å². The van der Waals surface area contributed by atoms with Crippen molar-refractivity contribution in [2.45, 2.75) is 18.3 Å². The number of hydrogen-bond acceptors (Lipinski definition) is 2. The molecule has 1 amide bonds. The number of aryl methyl sites for hydroxylation is 1. The van der Waals surface area contributed by atoms with E-state index in [1.165, 1.54) is 11.1 Å². The van der Waals surface area contributed by atoms with E-state index < -0.39 is 0 Å². The van der Waals surface area contributed by atoms with E-state index in [0.717, 1.165) is 19.4 Å². The summed E-state index contributed by atoms with van der Waals surface area (Å²) in [6.07, 6.45) is 3.64. The molecule has 0 aliphatic carbocycles. The third-order valence-corrected chi connectivity index (χ3v) is 5.79. The molecule has 0 saturated carbocycles. The Balaban J connectivity index is 1.74. The van der Waals surface area contributed by atoms with Gasteiger partial charge in [0.1, 0.15) is 11.8 Å². The van der Waals surface area contributed by atoms with E-state index in [1.54, 1.807) is 16.8 Å². The zero-order valence-electron chi connectivity index (χ0n) is 16.0. The molecule has 0 unspecified atom stereocenters. The van der Waals surface area contributed by atoms with Gasteiger partial charge in [-0.3, -0.25) is 4.79 Å². The first-order valence-electron chi connectivity index (χ1n) is 9.61. The average molecular weight is 369 g/mol. The molecule has 140 valence electrons. The van der Waals surface area contributed by atoms with Gasteiger partial charge in [0, 0.05) is 31.7 Å². The number of nitrogens with zero attached hydrogens (tertiary/aromatic N) is 3. The van der Waals surface area contributed by atoms with Crippen LogP contribution in [0.15, 0.2) is 72.9 Å². The van der Waals surface area contributed by atoms with Gasteiger partial charge in [-0.25, -0.2) is 0 Å². The van der Waals surface area contributed by atoms with Gasteiger partial charge >= 0.3 is 0 Å². The van der Waals surface area contributed by atoms with Crippen molar-refractivity contribution >= 4 is 5.91 Å². The number of nitriles is 1. The molecular weight excluding hydrogens is 346 g/mol. The van der Waals surface area contributed by atoms with Crippen LogP contribution in [0, 0.1) is 11.3 Å². The Morgan fingerprint density at radius 1 is 1.04 bits per heavy atom. The molecule has 2 aromatic carbocycles. The number of hydrogen-bond donors (Lipinski definition) is 0. The predicted octanol–water partition coefficient (Wildman–Crippen LogP) is 4.12. The minimum absolute atomic E-state index is 0.0139. The summed E-state index contributed by atoms with van der Waals surface area (Å²) in [7, 11) is 1.82. The molecule has 1 saturated heterocycles. The molecule has 28 heavy (non-hydrogen) atoms. The predicted molar refractivity (Wildman–Crippen MR) is 109 cm³/mol. The normalized spacial score (nSPS) is 15.8. The summed E-state index contributed by atoms with van der Waals surface area (Å²) in [5.74, 6) is -0.0139. The quantitative estimate of drug-likeness (QED) is 0.697. The monoisotopic (exact) mass is 369 g/mol. The molecule has 1 aliphatic heterocycles.